The number of aryl methyl sites for hydroxylation is 1. The number of likely N-dealkylation sites (N-methyl/N-ethyl adjacent to an activating group) is 1. The lowest BCUT2D eigenvalue weighted by atomic mass is 10.2. The molecule has 0 aromatic carbocycles. The standard InChI is InChI=1S/C12H22N4O2/c1-3-16-6-7-17-11(9-16)8-13-5-4-12-14-10(2)15-18-12/h11,13H,3-9H2,1-2H3. The van der Waals surface area contributed by atoms with Crippen molar-refractivity contribution in [1.29, 1.82) is 0 Å². The number of hydrogen-bond acceptors (Lipinski definition) is 6. The Balaban J connectivity index is 1.60. The van der Waals surface area contributed by atoms with Gasteiger partial charge in [0, 0.05) is 32.6 Å². The summed E-state index contributed by atoms with van der Waals surface area (Å²) in [5.41, 5.74) is 0. The summed E-state index contributed by atoms with van der Waals surface area (Å²) in [7, 11) is 0. The summed E-state index contributed by atoms with van der Waals surface area (Å²) in [4.78, 5) is 6.58. The second kappa shape index (κ2) is 6.82. The fourth-order valence-corrected chi connectivity index (χ4v) is 2.09. The number of morpholine rings is 1. The minimum absolute atomic E-state index is 0.295. The lowest BCUT2D eigenvalue weighted by molar-refractivity contribution is -0.0251. The van der Waals surface area contributed by atoms with Crippen molar-refractivity contribution >= 4 is 0 Å². The fraction of sp³-hybridized carbons (Fsp3) is 0.833. The minimum atomic E-state index is 0.295. The van der Waals surface area contributed by atoms with Crippen LogP contribution >= 0.6 is 0 Å². The molecule has 0 saturated carbocycles. The van der Waals surface area contributed by atoms with Crippen molar-refractivity contribution < 1.29 is 9.26 Å². The third kappa shape index (κ3) is 4.04. The van der Waals surface area contributed by atoms with E-state index in [2.05, 4.69) is 27.3 Å². The van der Waals surface area contributed by atoms with Crippen LogP contribution in [0.4, 0.5) is 0 Å². The van der Waals surface area contributed by atoms with Crippen molar-refractivity contribution in [3.8, 4) is 0 Å². The van der Waals surface area contributed by atoms with Crippen LogP contribution in [-0.2, 0) is 11.2 Å². The van der Waals surface area contributed by atoms with Crippen LogP contribution in [0.5, 0.6) is 0 Å². The van der Waals surface area contributed by atoms with Crippen LogP contribution in [-0.4, -0.2) is 60.5 Å². The third-order valence-corrected chi connectivity index (χ3v) is 3.13. The molecule has 1 unspecified atom stereocenters. The zero-order chi connectivity index (χ0) is 12.8. The van der Waals surface area contributed by atoms with Gasteiger partial charge in [0.2, 0.25) is 5.89 Å². The maximum Gasteiger partial charge on any atom is 0.227 e. The summed E-state index contributed by atoms with van der Waals surface area (Å²) in [6.45, 7) is 9.74. The van der Waals surface area contributed by atoms with Gasteiger partial charge in [-0.15, -0.1) is 0 Å². The third-order valence-electron chi connectivity index (χ3n) is 3.13. The van der Waals surface area contributed by atoms with Gasteiger partial charge in [-0.3, -0.25) is 4.90 Å². The number of nitrogens with one attached hydrogen (secondary N) is 1. The van der Waals surface area contributed by atoms with Gasteiger partial charge < -0.3 is 14.6 Å². The van der Waals surface area contributed by atoms with Crippen molar-refractivity contribution in [3.05, 3.63) is 11.7 Å². The Labute approximate surface area is 108 Å². The monoisotopic (exact) mass is 254 g/mol. The quantitative estimate of drug-likeness (QED) is 0.733. The Morgan fingerprint density at radius 1 is 1.50 bits per heavy atom. The number of nitrogens with zero attached hydrogens (tertiary/aromatic N) is 3. The average molecular weight is 254 g/mol. The van der Waals surface area contributed by atoms with Gasteiger partial charge in [-0.1, -0.05) is 12.1 Å². The first kappa shape index (κ1) is 13.5. The highest BCUT2D eigenvalue weighted by Crippen LogP contribution is 2.03. The zero-order valence-electron chi connectivity index (χ0n) is 11.2. The van der Waals surface area contributed by atoms with Gasteiger partial charge in [0.25, 0.3) is 0 Å². The van der Waals surface area contributed by atoms with Gasteiger partial charge in [-0.2, -0.15) is 4.98 Å². The number of hydrogen-bond donors (Lipinski definition) is 1. The SMILES string of the molecule is CCN1CCOC(CNCCc2nc(C)no2)C1. The van der Waals surface area contributed by atoms with Gasteiger partial charge in [0.1, 0.15) is 0 Å². The summed E-state index contributed by atoms with van der Waals surface area (Å²) < 4.78 is 10.8. The van der Waals surface area contributed by atoms with E-state index in [9.17, 15) is 0 Å². The predicted octanol–water partition coefficient (Wildman–Crippen LogP) is 0.231. The molecule has 6 nitrogen and oxygen atoms in total. The molecule has 102 valence electrons. The predicted molar refractivity (Wildman–Crippen MR) is 67.5 cm³/mol. The number of aromatic nitrogens is 2. The van der Waals surface area contributed by atoms with Gasteiger partial charge in [-0.25, -0.2) is 0 Å². The lowest BCUT2D eigenvalue weighted by Crippen LogP contribution is -2.46. The first-order valence-corrected chi connectivity index (χ1v) is 6.61. The van der Waals surface area contributed by atoms with Crippen LogP contribution in [0.2, 0.25) is 0 Å². The van der Waals surface area contributed by atoms with Crippen LogP contribution in [0.25, 0.3) is 0 Å². The molecule has 1 aromatic heterocycles. The molecule has 1 N–H and O–H groups in total. The van der Waals surface area contributed by atoms with Crippen molar-refractivity contribution in [2.75, 3.05) is 39.3 Å². The Kier molecular flexibility index (Phi) is 5.10. The van der Waals surface area contributed by atoms with E-state index in [1.54, 1.807) is 0 Å². The molecule has 18 heavy (non-hydrogen) atoms. The molecule has 0 radical (unpaired) electrons. The molecule has 0 spiro atoms. The molecule has 0 amide bonds. The minimum Gasteiger partial charge on any atom is -0.374 e. The highest BCUT2D eigenvalue weighted by molar-refractivity contribution is 4.83. The van der Waals surface area contributed by atoms with Crippen molar-refractivity contribution in [2.45, 2.75) is 26.4 Å². The summed E-state index contributed by atoms with van der Waals surface area (Å²) in [6, 6.07) is 0. The molecule has 2 heterocycles. The second-order valence-electron chi connectivity index (χ2n) is 4.58. The topological polar surface area (TPSA) is 63.4 Å². The Bertz CT molecular complexity index is 356. The van der Waals surface area contributed by atoms with E-state index in [1.807, 2.05) is 6.92 Å². The van der Waals surface area contributed by atoms with Crippen LogP contribution in [0.3, 0.4) is 0 Å². The van der Waals surface area contributed by atoms with E-state index in [0.29, 0.717) is 17.8 Å². The van der Waals surface area contributed by atoms with Gasteiger partial charge >= 0.3 is 0 Å². The van der Waals surface area contributed by atoms with Crippen molar-refractivity contribution in [3.63, 3.8) is 0 Å². The molecular formula is C12H22N4O2. The molecule has 0 aliphatic carbocycles. The summed E-state index contributed by atoms with van der Waals surface area (Å²) in [5, 5.41) is 7.14. The Morgan fingerprint density at radius 3 is 3.11 bits per heavy atom. The first-order chi connectivity index (χ1) is 8.78. The van der Waals surface area contributed by atoms with E-state index in [0.717, 1.165) is 45.8 Å². The largest absolute Gasteiger partial charge is 0.374 e. The molecule has 0 bridgehead atoms. The van der Waals surface area contributed by atoms with Crippen LogP contribution in [0.1, 0.15) is 18.6 Å². The van der Waals surface area contributed by atoms with Crippen molar-refractivity contribution in [2.24, 2.45) is 0 Å². The summed E-state index contributed by atoms with van der Waals surface area (Å²) in [6.07, 6.45) is 1.06. The second-order valence-corrected chi connectivity index (χ2v) is 4.58. The van der Waals surface area contributed by atoms with Crippen molar-refractivity contribution in [1.82, 2.24) is 20.4 Å². The summed E-state index contributed by atoms with van der Waals surface area (Å²) >= 11 is 0. The van der Waals surface area contributed by atoms with Gasteiger partial charge in [0.15, 0.2) is 5.82 Å². The highest BCUT2D eigenvalue weighted by Gasteiger charge is 2.18. The van der Waals surface area contributed by atoms with E-state index < -0.39 is 0 Å². The Morgan fingerprint density at radius 2 is 2.39 bits per heavy atom. The molecule has 1 fully saturated rings. The smallest absolute Gasteiger partial charge is 0.227 e. The van der Waals surface area contributed by atoms with Gasteiger partial charge in [0.05, 0.1) is 12.7 Å². The van der Waals surface area contributed by atoms with E-state index >= 15 is 0 Å². The molecular weight excluding hydrogens is 232 g/mol. The molecule has 6 heteroatoms. The molecule has 1 aromatic rings. The summed E-state index contributed by atoms with van der Waals surface area (Å²) in [5.74, 6) is 1.39. The zero-order valence-corrected chi connectivity index (χ0v) is 11.2. The maximum absolute atomic E-state index is 5.71. The average Bonchev–Trinajstić information content (AvgIpc) is 2.81. The Hall–Kier alpha value is -0.980. The van der Waals surface area contributed by atoms with Crippen LogP contribution < -0.4 is 5.32 Å². The van der Waals surface area contributed by atoms with E-state index in [1.165, 1.54) is 0 Å². The molecule has 2 rings (SSSR count). The number of ether oxygens (including phenoxy) is 1. The fourth-order valence-electron chi connectivity index (χ4n) is 2.09. The normalized spacial score (nSPS) is 21.3. The molecule has 1 saturated heterocycles. The maximum atomic E-state index is 5.71. The number of rotatable bonds is 6. The van der Waals surface area contributed by atoms with E-state index in [-0.39, 0.29) is 0 Å². The highest BCUT2D eigenvalue weighted by atomic mass is 16.5. The van der Waals surface area contributed by atoms with E-state index in [4.69, 9.17) is 9.26 Å². The molecule has 1 aliphatic rings. The molecule has 1 aliphatic heterocycles. The van der Waals surface area contributed by atoms with Gasteiger partial charge in [-0.05, 0) is 13.5 Å². The first-order valence-electron chi connectivity index (χ1n) is 6.61. The lowest BCUT2D eigenvalue weighted by Gasteiger charge is -2.32. The van der Waals surface area contributed by atoms with Crippen LogP contribution in [0.15, 0.2) is 4.52 Å². The van der Waals surface area contributed by atoms with Crippen LogP contribution in [0, 0.1) is 6.92 Å². The molecule has 1 atom stereocenters.